The van der Waals surface area contributed by atoms with Gasteiger partial charge in [0.1, 0.15) is 24.1 Å². The minimum absolute atomic E-state index is 0.143. The zero-order chi connectivity index (χ0) is 27.5. The number of hydrogen-bond donors (Lipinski definition) is 2. The van der Waals surface area contributed by atoms with Crippen molar-refractivity contribution in [2.45, 2.75) is 58.1 Å². The van der Waals surface area contributed by atoms with Crippen molar-refractivity contribution in [3.8, 4) is 11.5 Å². The molecule has 1 aliphatic carbocycles. The van der Waals surface area contributed by atoms with E-state index in [0.29, 0.717) is 36.8 Å². The Hall–Kier alpha value is -4.00. The van der Waals surface area contributed by atoms with E-state index in [1.807, 2.05) is 61.5 Å². The van der Waals surface area contributed by atoms with Gasteiger partial charge in [-0.15, -0.1) is 0 Å². The van der Waals surface area contributed by atoms with Crippen molar-refractivity contribution in [2.75, 3.05) is 19.1 Å². The Labute approximate surface area is 231 Å². The topological polar surface area (TPSA) is 79.9 Å². The van der Waals surface area contributed by atoms with Gasteiger partial charge < -0.3 is 14.8 Å². The van der Waals surface area contributed by atoms with Crippen LogP contribution in [-0.2, 0) is 11.4 Å². The molecule has 7 nitrogen and oxygen atoms in total. The first-order valence-electron chi connectivity index (χ1n) is 13.9. The molecular weight excluding hydrogens is 490 g/mol. The van der Waals surface area contributed by atoms with Gasteiger partial charge in [-0.25, -0.2) is 0 Å². The van der Waals surface area contributed by atoms with Crippen LogP contribution in [0.3, 0.4) is 0 Å². The number of benzene rings is 3. The molecule has 0 bridgehead atoms. The third-order valence-corrected chi connectivity index (χ3v) is 7.20. The van der Waals surface area contributed by atoms with Gasteiger partial charge in [0, 0.05) is 12.1 Å². The molecule has 1 fully saturated rings. The van der Waals surface area contributed by atoms with Crippen molar-refractivity contribution in [3.63, 3.8) is 0 Å². The number of amides is 2. The van der Waals surface area contributed by atoms with E-state index in [2.05, 4.69) is 10.7 Å². The molecule has 0 saturated heterocycles. The Bertz CT molecular complexity index is 1180. The van der Waals surface area contributed by atoms with Gasteiger partial charge in [-0.3, -0.25) is 20.0 Å². The van der Waals surface area contributed by atoms with Gasteiger partial charge in [0.05, 0.1) is 12.8 Å². The van der Waals surface area contributed by atoms with Crippen LogP contribution in [0.1, 0.15) is 61.4 Å². The zero-order valence-electron chi connectivity index (χ0n) is 22.9. The number of ether oxygens (including phenoxy) is 2. The predicted molar refractivity (Wildman–Crippen MR) is 154 cm³/mol. The first-order valence-corrected chi connectivity index (χ1v) is 13.9. The molecule has 4 rings (SSSR count). The zero-order valence-corrected chi connectivity index (χ0v) is 22.9. The van der Waals surface area contributed by atoms with E-state index >= 15 is 0 Å². The number of anilines is 1. The summed E-state index contributed by atoms with van der Waals surface area (Å²) in [7, 11) is 1.62. The summed E-state index contributed by atoms with van der Waals surface area (Å²) in [4.78, 5) is 27.0. The van der Waals surface area contributed by atoms with Gasteiger partial charge in [0.15, 0.2) is 0 Å². The number of hydrogen-bond acceptors (Lipinski definition) is 5. The maximum Gasteiger partial charge on any atom is 0.263 e. The number of carbonyl (C=O) groups excluding carboxylic acids is 2. The van der Waals surface area contributed by atoms with E-state index in [9.17, 15) is 9.59 Å². The highest BCUT2D eigenvalue weighted by molar-refractivity contribution is 5.97. The molecule has 206 valence electrons. The number of likely N-dealkylation sites (N-methyl/N-ethyl adjacent to an activating group) is 1. The molecule has 1 aliphatic rings. The molecule has 0 aliphatic heterocycles. The number of rotatable bonds is 12. The van der Waals surface area contributed by atoms with Crippen molar-refractivity contribution in [1.82, 2.24) is 10.3 Å². The summed E-state index contributed by atoms with van der Waals surface area (Å²) in [5.74, 6) is 1.44. The molecule has 1 atom stereocenters. The van der Waals surface area contributed by atoms with Crippen molar-refractivity contribution >= 4 is 17.5 Å². The predicted octanol–water partition coefficient (Wildman–Crippen LogP) is 6.22. The van der Waals surface area contributed by atoms with E-state index in [-0.39, 0.29) is 11.8 Å². The molecule has 7 heteroatoms. The molecule has 0 spiro atoms. The highest BCUT2D eigenvalue weighted by atomic mass is 16.5. The second-order valence-corrected chi connectivity index (χ2v) is 9.99. The fourth-order valence-electron chi connectivity index (χ4n) is 4.96. The molecule has 39 heavy (non-hydrogen) atoms. The summed E-state index contributed by atoms with van der Waals surface area (Å²) in [6, 6.07) is 23.8. The maximum atomic E-state index is 13.7. The van der Waals surface area contributed by atoms with E-state index in [1.54, 1.807) is 36.4 Å². The van der Waals surface area contributed by atoms with Crippen LogP contribution in [0.15, 0.2) is 78.9 Å². The van der Waals surface area contributed by atoms with Crippen LogP contribution in [0.2, 0.25) is 0 Å². The van der Waals surface area contributed by atoms with Crippen molar-refractivity contribution in [1.29, 1.82) is 0 Å². The summed E-state index contributed by atoms with van der Waals surface area (Å²) < 4.78 is 11.1. The number of methoxy groups -OCH3 is 1. The number of hydrazine groups is 1. The molecule has 1 saturated carbocycles. The third kappa shape index (κ3) is 8.24. The fourth-order valence-corrected chi connectivity index (χ4v) is 4.96. The lowest BCUT2D eigenvalue weighted by atomic mass is 9.84. The molecule has 2 amide bonds. The third-order valence-electron chi connectivity index (χ3n) is 7.20. The first kappa shape index (κ1) is 28.0. The lowest BCUT2D eigenvalue weighted by Gasteiger charge is -2.31. The van der Waals surface area contributed by atoms with Crippen LogP contribution in [0, 0.1) is 5.92 Å². The summed E-state index contributed by atoms with van der Waals surface area (Å²) in [5, 5.41) is 4.63. The van der Waals surface area contributed by atoms with Gasteiger partial charge in [0.25, 0.3) is 11.8 Å². The normalized spacial score (nSPS) is 14.2. The largest absolute Gasteiger partial charge is 0.497 e. The SMILES string of the molecule is CCN(Nc1ccc(OC)cc1)C(=O)C(CC1CCCCC1)NC(=O)c1ccc(OCc2ccccc2)cc1. The molecule has 3 aromatic rings. The minimum Gasteiger partial charge on any atom is -0.497 e. The Morgan fingerprint density at radius 2 is 1.56 bits per heavy atom. The molecule has 3 aromatic carbocycles. The summed E-state index contributed by atoms with van der Waals surface area (Å²) >= 11 is 0. The molecule has 2 N–H and O–H groups in total. The number of nitrogens with one attached hydrogen (secondary N) is 2. The second kappa shape index (κ2) is 14.2. The van der Waals surface area contributed by atoms with Gasteiger partial charge in [-0.2, -0.15) is 0 Å². The monoisotopic (exact) mass is 529 g/mol. The Balaban J connectivity index is 1.42. The van der Waals surface area contributed by atoms with E-state index in [1.165, 1.54) is 19.3 Å². The number of carbonyl (C=O) groups is 2. The smallest absolute Gasteiger partial charge is 0.263 e. The quantitative estimate of drug-likeness (QED) is 0.272. The van der Waals surface area contributed by atoms with Crippen LogP contribution < -0.4 is 20.2 Å². The average molecular weight is 530 g/mol. The van der Waals surface area contributed by atoms with Gasteiger partial charge in [0.2, 0.25) is 0 Å². The Kier molecular flexibility index (Phi) is 10.2. The van der Waals surface area contributed by atoms with Gasteiger partial charge in [-0.05, 0) is 73.4 Å². The molecule has 0 aromatic heterocycles. The highest BCUT2D eigenvalue weighted by Crippen LogP contribution is 2.28. The van der Waals surface area contributed by atoms with E-state index < -0.39 is 6.04 Å². The summed E-state index contributed by atoms with van der Waals surface area (Å²) in [6.07, 6.45) is 6.39. The lowest BCUT2D eigenvalue weighted by Crippen LogP contribution is -2.51. The van der Waals surface area contributed by atoms with Crippen LogP contribution in [-0.4, -0.2) is 36.5 Å². The van der Waals surface area contributed by atoms with E-state index in [0.717, 1.165) is 29.8 Å². The molecule has 0 radical (unpaired) electrons. The van der Waals surface area contributed by atoms with Crippen molar-refractivity contribution < 1.29 is 19.1 Å². The average Bonchev–Trinajstić information content (AvgIpc) is 2.99. The van der Waals surface area contributed by atoms with Crippen LogP contribution >= 0.6 is 0 Å². The maximum absolute atomic E-state index is 13.7. The standard InChI is InChI=1S/C32H39N3O4/c1-3-35(34-27-16-20-28(38-2)21-17-27)32(37)30(22-24-10-6-4-7-11-24)33-31(36)26-14-18-29(19-15-26)39-23-25-12-8-5-9-13-25/h5,8-9,12-21,24,30,34H,3-4,6-7,10-11,22-23H2,1-2H3,(H,33,36). The minimum atomic E-state index is -0.625. The van der Waals surface area contributed by atoms with Crippen molar-refractivity contribution in [2.24, 2.45) is 5.92 Å². The first-order chi connectivity index (χ1) is 19.1. The van der Waals surface area contributed by atoms with E-state index in [4.69, 9.17) is 9.47 Å². The molecule has 0 heterocycles. The lowest BCUT2D eigenvalue weighted by molar-refractivity contribution is -0.132. The summed E-state index contributed by atoms with van der Waals surface area (Å²) in [5.41, 5.74) is 5.55. The molecular formula is C32H39N3O4. The second-order valence-electron chi connectivity index (χ2n) is 9.99. The van der Waals surface area contributed by atoms with Gasteiger partial charge >= 0.3 is 0 Å². The van der Waals surface area contributed by atoms with Crippen LogP contribution in [0.4, 0.5) is 5.69 Å². The fraction of sp³-hybridized carbons (Fsp3) is 0.375. The Morgan fingerprint density at radius 1 is 0.897 bits per heavy atom. The number of nitrogens with zero attached hydrogens (tertiary/aromatic N) is 1. The highest BCUT2D eigenvalue weighted by Gasteiger charge is 2.29. The Morgan fingerprint density at radius 3 is 2.21 bits per heavy atom. The van der Waals surface area contributed by atoms with Crippen LogP contribution in [0.25, 0.3) is 0 Å². The van der Waals surface area contributed by atoms with Crippen LogP contribution in [0.5, 0.6) is 11.5 Å². The molecule has 1 unspecified atom stereocenters. The van der Waals surface area contributed by atoms with Crippen molar-refractivity contribution in [3.05, 3.63) is 90.0 Å². The van der Waals surface area contributed by atoms with Gasteiger partial charge in [-0.1, -0.05) is 62.4 Å². The summed E-state index contributed by atoms with van der Waals surface area (Å²) in [6.45, 7) is 2.83.